The Kier molecular flexibility index (Phi) is 6.49. The van der Waals surface area contributed by atoms with E-state index in [1.165, 1.54) is 51.2 Å². The van der Waals surface area contributed by atoms with Gasteiger partial charge in [-0.3, -0.25) is 4.79 Å². The zero-order chi connectivity index (χ0) is 24.6. The number of pyridine rings is 2. The molecule has 0 aromatic carbocycles. The van der Waals surface area contributed by atoms with Gasteiger partial charge in [-0.25, -0.2) is 18.4 Å². The first-order valence-corrected chi connectivity index (χ1v) is 11.3. The minimum absolute atomic E-state index is 0.0618. The quantitative estimate of drug-likeness (QED) is 0.310. The predicted octanol–water partition coefficient (Wildman–Crippen LogP) is 2.63. The number of fused-ring (bicyclic) bond motifs is 1. The van der Waals surface area contributed by atoms with Crippen LogP contribution in [0.25, 0.3) is 22.6 Å². The fourth-order valence-electron chi connectivity index (χ4n) is 3.32. The van der Waals surface area contributed by atoms with Gasteiger partial charge >= 0.3 is 6.18 Å². The number of rotatable bonds is 7. The number of oxime groups is 1. The van der Waals surface area contributed by atoms with Crippen molar-refractivity contribution in [2.24, 2.45) is 12.2 Å². The summed E-state index contributed by atoms with van der Waals surface area (Å²) < 4.78 is 67.9. The number of hydrogen-bond acceptors (Lipinski definition) is 7. The standard InChI is InChI=1S/C19H21F3N6O4S/c1-5-28-14(19(20,21)22)8-12-16(18(28)29)27(3)17(26-12)15-13(33(30,31)6-2)7-11(9-23-15)24-10-25-32-4/h7-10H,5-6H2,1-4H3,(H,24,25). The lowest BCUT2D eigenvalue weighted by molar-refractivity contribution is -0.144. The van der Waals surface area contributed by atoms with Crippen LogP contribution < -0.4 is 10.9 Å². The number of imidazole rings is 1. The van der Waals surface area contributed by atoms with Crippen molar-refractivity contribution in [3.63, 3.8) is 0 Å². The molecule has 3 heterocycles. The van der Waals surface area contributed by atoms with Crippen LogP contribution in [0.1, 0.15) is 19.5 Å². The van der Waals surface area contributed by atoms with Crippen molar-refractivity contribution in [1.82, 2.24) is 19.1 Å². The topological polar surface area (TPSA) is 120 Å². The van der Waals surface area contributed by atoms with Crippen LogP contribution in [-0.4, -0.2) is 46.7 Å². The van der Waals surface area contributed by atoms with Crippen molar-refractivity contribution < 1.29 is 26.4 Å². The van der Waals surface area contributed by atoms with E-state index in [1.54, 1.807) is 0 Å². The molecule has 0 aliphatic heterocycles. The van der Waals surface area contributed by atoms with Crippen LogP contribution in [-0.2, 0) is 34.4 Å². The molecule has 3 aromatic heterocycles. The van der Waals surface area contributed by atoms with Crippen molar-refractivity contribution in [2.45, 2.75) is 31.5 Å². The number of nitrogens with one attached hydrogen (secondary N) is 1. The van der Waals surface area contributed by atoms with E-state index in [2.05, 4.69) is 25.3 Å². The van der Waals surface area contributed by atoms with Gasteiger partial charge in [0.2, 0.25) is 0 Å². The monoisotopic (exact) mass is 486 g/mol. The largest absolute Gasteiger partial charge is 0.431 e. The number of aryl methyl sites for hydroxylation is 1. The molecule has 33 heavy (non-hydrogen) atoms. The molecule has 0 spiro atoms. The molecule has 1 N–H and O–H groups in total. The molecule has 0 atom stereocenters. The summed E-state index contributed by atoms with van der Waals surface area (Å²) in [6, 6.07) is 2.07. The van der Waals surface area contributed by atoms with Gasteiger partial charge in [-0.2, -0.15) is 13.2 Å². The second-order valence-electron chi connectivity index (χ2n) is 6.84. The fourth-order valence-corrected chi connectivity index (χ4v) is 4.37. The van der Waals surface area contributed by atoms with Crippen molar-refractivity contribution in [3.8, 4) is 11.5 Å². The van der Waals surface area contributed by atoms with Crippen molar-refractivity contribution in [3.05, 3.63) is 34.4 Å². The van der Waals surface area contributed by atoms with Crippen molar-refractivity contribution in [2.75, 3.05) is 18.2 Å². The average Bonchev–Trinajstić information content (AvgIpc) is 3.09. The number of halogens is 3. The van der Waals surface area contributed by atoms with E-state index in [4.69, 9.17) is 0 Å². The van der Waals surface area contributed by atoms with Crippen LogP contribution in [0.15, 0.2) is 33.2 Å². The van der Waals surface area contributed by atoms with E-state index in [0.29, 0.717) is 4.57 Å². The Morgan fingerprint density at radius 1 is 1.27 bits per heavy atom. The average molecular weight is 486 g/mol. The van der Waals surface area contributed by atoms with Gasteiger partial charge in [0.25, 0.3) is 5.56 Å². The Balaban J connectivity index is 2.32. The smallest absolute Gasteiger partial charge is 0.398 e. The molecular weight excluding hydrogens is 465 g/mol. The number of sulfone groups is 1. The van der Waals surface area contributed by atoms with E-state index in [9.17, 15) is 26.4 Å². The van der Waals surface area contributed by atoms with Gasteiger partial charge in [0, 0.05) is 13.6 Å². The van der Waals surface area contributed by atoms with Gasteiger partial charge in [0.1, 0.15) is 30.4 Å². The van der Waals surface area contributed by atoms with Crippen LogP contribution in [0, 0.1) is 0 Å². The SMILES string of the molecule is CCn1c(C(F)(F)F)cc2nc(-c3ncc(N/C=N/OC)cc3S(=O)(=O)CC)n(C)c2c1=O. The minimum Gasteiger partial charge on any atom is -0.398 e. The van der Waals surface area contributed by atoms with Gasteiger partial charge < -0.3 is 19.3 Å². The van der Waals surface area contributed by atoms with E-state index < -0.39 is 27.3 Å². The molecule has 0 saturated carbocycles. The lowest BCUT2D eigenvalue weighted by Gasteiger charge is -2.14. The maximum absolute atomic E-state index is 13.5. The Morgan fingerprint density at radius 3 is 2.55 bits per heavy atom. The van der Waals surface area contributed by atoms with Gasteiger partial charge in [-0.1, -0.05) is 12.1 Å². The van der Waals surface area contributed by atoms with Crippen molar-refractivity contribution >= 4 is 32.9 Å². The van der Waals surface area contributed by atoms with Crippen LogP contribution in [0.5, 0.6) is 0 Å². The van der Waals surface area contributed by atoms with Crippen LogP contribution >= 0.6 is 0 Å². The molecule has 10 nitrogen and oxygen atoms in total. The molecule has 0 unspecified atom stereocenters. The highest BCUT2D eigenvalue weighted by molar-refractivity contribution is 7.91. The highest BCUT2D eigenvalue weighted by Crippen LogP contribution is 2.33. The maximum Gasteiger partial charge on any atom is 0.431 e. The summed E-state index contributed by atoms with van der Waals surface area (Å²) in [6.07, 6.45) is -2.29. The summed E-state index contributed by atoms with van der Waals surface area (Å²) in [5.74, 6) is -0.324. The summed E-state index contributed by atoms with van der Waals surface area (Å²) in [7, 11) is -1.09. The molecule has 0 aliphatic rings. The third-order valence-corrected chi connectivity index (χ3v) is 6.65. The molecule has 0 amide bonds. The summed E-state index contributed by atoms with van der Waals surface area (Å²) in [5, 5.41) is 6.20. The van der Waals surface area contributed by atoms with Gasteiger partial charge in [-0.05, 0) is 19.1 Å². The molecule has 178 valence electrons. The number of alkyl halides is 3. The molecule has 0 fully saturated rings. The predicted molar refractivity (Wildman–Crippen MR) is 116 cm³/mol. The summed E-state index contributed by atoms with van der Waals surface area (Å²) >= 11 is 0. The molecule has 14 heteroatoms. The number of hydrogen-bond donors (Lipinski definition) is 1. The van der Waals surface area contributed by atoms with E-state index in [-0.39, 0.29) is 45.4 Å². The second-order valence-corrected chi connectivity index (χ2v) is 9.09. The molecule has 0 aliphatic carbocycles. The zero-order valence-electron chi connectivity index (χ0n) is 18.1. The van der Waals surface area contributed by atoms with E-state index in [1.807, 2.05) is 0 Å². The van der Waals surface area contributed by atoms with Crippen molar-refractivity contribution in [1.29, 1.82) is 0 Å². The number of nitrogens with zero attached hydrogens (tertiary/aromatic N) is 5. The number of anilines is 1. The lowest BCUT2D eigenvalue weighted by Crippen LogP contribution is -2.28. The minimum atomic E-state index is -4.77. The van der Waals surface area contributed by atoms with Gasteiger partial charge in [0.15, 0.2) is 15.7 Å². The molecule has 0 saturated heterocycles. The maximum atomic E-state index is 13.5. The fraction of sp³-hybridized carbons (Fsp3) is 0.368. The van der Waals surface area contributed by atoms with Crippen LogP contribution in [0.3, 0.4) is 0 Å². The number of aromatic nitrogens is 4. The lowest BCUT2D eigenvalue weighted by atomic mass is 10.3. The zero-order valence-corrected chi connectivity index (χ0v) is 19.0. The molecule has 0 bridgehead atoms. The van der Waals surface area contributed by atoms with Gasteiger partial charge in [-0.15, -0.1) is 0 Å². The summed E-state index contributed by atoms with van der Waals surface area (Å²) in [5.41, 5.74) is -2.17. The Bertz CT molecular complexity index is 1390. The normalized spacial score (nSPS) is 12.6. The Labute approximate surface area is 186 Å². The van der Waals surface area contributed by atoms with E-state index in [0.717, 1.165) is 6.07 Å². The second kappa shape index (κ2) is 8.84. The van der Waals surface area contributed by atoms with Gasteiger partial charge in [0.05, 0.1) is 28.0 Å². The Morgan fingerprint density at radius 2 is 1.97 bits per heavy atom. The molecule has 0 radical (unpaired) electrons. The van der Waals surface area contributed by atoms with Crippen LogP contribution in [0.2, 0.25) is 0 Å². The Hall–Kier alpha value is -3.42. The first kappa shape index (κ1) is 24.2. The third kappa shape index (κ3) is 4.42. The molecule has 3 aromatic rings. The first-order chi connectivity index (χ1) is 15.5. The highest BCUT2D eigenvalue weighted by atomic mass is 32.2. The third-order valence-electron chi connectivity index (χ3n) is 4.91. The first-order valence-electron chi connectivity index (χ1n) is 9.68. The van der Waals surface area contributed by atoms with Crippen LogP contribution in [0.4, 0.5) is 18.9 Å². The molecule has 3 rings (SSSR count). The summed E-state index contributed by atoms with van der Waals surface area (Å²) in [4.78, 5) is 25.5. The highest BCUT2D eigenvalue weighted by Gasteiger charge is 2.36. The van der Waals surface area contributed by atoms with E-state index >= 15 is 0 Å². The molecular formula is C19H21F3N6O4S. The summed E-state index contributed by atoms with van der Waals surface area (Å²) in [6.45, 7) is 2.66.